The maximum atomic E-state index is 3.53. The van der Waals surface area contributed by atoms with Crippen LogP contribution in [-0.2, 0) is 6.42 Å². The Kier molecular flexibility index (Phi) is 4.39. The Morgan fingerprint density at radius 1 is 1.56 bits per heavy atom. The largest absolute Gasteiger partial charge is 0.367 e. The van der Waals surface area contributed by atoms with E-state index in [0.717, 1.165) is 32.6 Å². The minimum atomic E-state index is 0.602. The van der Waals surface area contributed by atoms with E-state index in [1.807, 2.05) is 6.20 Å². The van der Waals surface area contributed by atoms with Crippen molar-refractivity contribution in [1.29, 1.82) is 0 Å². The normalized spacial score (nSPS) is 22.4. The third kappa shape index (κ3) is 3.63. The summed E-state index contributed by atoms with van der Waals surface area (Å²) in [7, 11) is 2.19. The summed E-state index contributed by atoms with van der Waals surface area (Å²) >= 11 is 0. The van der Waals surface area contributed by atoms with E-state index >= 15 is 0 Å². The van der Waals surface area contributed by atoms with Crippen molar-refractivity contribution in [3.05, 3.63) is 24.0 Å². The second-order valence-electron chi connectivity index (χ2n) is 4.59. The smallest absolute Gasteiger partial charge is 0.0320 e. The standard InChI is InChI=1S/C12H22N4/c1-16-7-6-15-12(10-16)9-14-5-3-11-2-4-13-8-11/h2,4,8,12-15H,3,5-7,9-10H2,1H3. The topological polar surface area (TPSA) is 43.1 Å². The first-order valence-corrected chi connectivity index (χ1v) is 6.09. The maximum absolute atomic E-state index is 3.53. The van der Waals surface area contributed by atoms with Crippen molar-refractivity contribution in [3.8, 4) is 0 Å². The van der Waals surface area contributed by atoms with Gasteiger partial charge in [-0.25, -0.2) is 0 Å². The number of rotatable bonds is 5. The maximum Gasteiger partial charge on any atom is 0.0320 e. The van der Waals surface area contributed by atoms with Crippen LogP contribution in [0.15, 0.2) is 18.5 Å². The molecule has 2 heterocycles. The molecule has 0 spiro atoms. The number of nitrogens with zero attached hydrogens (tertiary/aromatic N) is 1. The second-order valence-corrected chi connectivity index (χ2v) is 4.59. The van der Waals surface area contributed by atoms with Crippen molar-refractivity contribution in [3.63, 3.8) is 0 Å². The van der Waals surface area contributed by atoms with Gasteiger partial charge in [0, 0.05) is 44.6 Å². The summed E-state index contributed by atoms with van der Waals surface area (Å²) in [5, 5.41) is 7.04. The lowest BCUT2D eigenvalue weighted by molar-refractivity contribution is 0.235. The number of aromatic amines is 1. The van der Waals surface area contributed by atoms with E-state index in [0.29, 0.717) is 6.04 Å². The van der Waals surface area contributed by atoms with Crippen LogP contribution in [0, 0.1) is 0 Å². The van der Waals surface area contributed by atoms with E-state index in [1.165, 1.54) is 12.1 Å². The highest BCUT2D eigenvalue weighted by Crippen LogP contribution is 1.97. The molecule has 1 aromatic heterocycles. The molecule has 0 amide bonds. The summed E-state index contributed by atoms with van der Waals surface area (Å²) in [5.74, 6) is 0. The number of aromatic nitrogens is 1. The molecule has 3 N–H and O–H groups in total. The van der Waals surface area contributed by atoms with Gasteiger partial charge in [0.1, 0.15) is 0 Å². The van der Waals surface area contributed by atoms with Crippen LogP contribution in [0.3, 0.4) is 0 Å². The van der Waals surface area contributed by atoms with Gasteiger partial charge in [-0.15, -0.1) is 0 Å². The summed E-state index contributed by atoms with van der Waals surface area (Å²) in [6.45, 7) is 5.55. The summed E-state index contributed by atoms with van der Waals surface area (Å²) in [5.41, 5.74) is 1.38. The van der Waals surface area contributed by atoms with E-state index in [9.17, 15) is 0 Å². The number of hydrogen-bond acceptors (Lipinski definition) is 3. The van der Waals surface area contributed by atoms with Crippen molar-refractivity contribution >= 4 is 0 Å². The van der Waals surface area contributed by atoms with E-state index in [4.69, 9.17) is 0 Å². The van der Waals surface area contributed by atoms with Gasteiger partial charge in [-0.1, -0.05) is 0 Å². The molecule has 4 heteroatoms. The number of likely N-dealkylation sites (N-methyl/N-ethyl adjacent to an activating group) is 1. The van der Waals surface area contributed by atoms with Crippen molar-refractivity contribution in [2.75, 3.05) is 39.8 Å². The highest BCUT2D eigenvalue weighted by atomic mass is 15.2. The molecule has 90 valence electrons. The first kappa shape index (κ1) is 11.6. The quantitative estimate of drug-likeness (QED) is 0.617. The lowest BCUT2D eigenvalue weighted by Gasteiger charge is -2.31. The third-order valence-corrected chi connectivity index (χ3v) is 3.10. The summed E-state index contributed by atoms with van der Waals surface area (Å²) in [4.78, 5) is 5.46. The molecule has 1 unspecified atom stereocenters. The lowest BCUT2D eigenvalue weighted by atomic mass is 10.2. The Bertz CT molecular complexity index is 283. The number of nitrogens with one attached hydrogen (secondary N) is 3. The number of hydrogen-bond donors (Lipinski definition) is 3. The fourth-order valence-corrected chi connectivity index (χ4v) is 2.15. The van der Waals surface area contributed by atoms with Crippen LogP contribution in [0.25, 0.3) is 0 Å². The lowest BCUT2D eigenvalue weighted by Crippen LogP contribution is -2.53. The zero-order valence-electron chi connectivity index (χ0n) is 10.00. The molecule has 1 saturated heterocycles. The molecule has 1 aliphatic heterocycles. The molecule has 16 heavy (non-hydrogen) atoms. The highest BCUT2D eigenvalue weighted by molar-refractivity contribution is 5.08. The molecule has 0 radical (unpaired) electrons. The fraction of sp³-hybridized carbons (Fsp3) is 0.667. The van der Waals surface area contributed by atoms with Gasteiger partial charge < -0.3 is 20.5 Å². The van der Waals surface area contributed by atoms with Crippen LogP contribution < -0.4 is 10.6 Å². The average Bonchev–Trinajstić information content (AvgIpc) is 2.77. The molecule has 1 atom stereocenters. The molecule has 0 aliphatic carbocycles. The highest BCUT2D eigenvalue weighted by Gasteiger charge is 2.15. The van der Waals surface area contributed by atoms with Gasteiger partial charge in [-0.2, -0.15) is 0 Å². The number of piperazine rings is 1. The predicted octanol–water partition coefficient (Wildman–Crippen LogP) is 0.0504. The van der Waals surface area contributed by atoms with E-state index in [2.05, 4.69) is 39.8 Å². The Morgan fingerprint density at radius 2 is 2.50 bits per heavy atom. The van der Waals surface area contributed by atoms with E-state index in [1.54, 1.807) is 0 Å². The van der Waals surface area contributed by atoms with Crippen molar-refractivity contribution in [2.24, 2.45) is 0 Å². The van der Waals surface area contributed by atoms with Gasteiger partial charge in [-0.3, -0.25) is 0 Å². The van der Waals surface area contributed by atoms with E-state index < -0.39 is 0 Å². The zero-order chi connectivity index (χ0) is 11.2. The van der Waals surface area contributed by atoms with Crippen LogP contribution in [-0.4, -0.2) is 55.7 Å². The minimum absolute atomic E-state index is 0.602. The van der Waals surface area contributed by atoms with Crippen LogP contribution >= 0.6 is 0 Å². The zero-order valence-corrected chi connectivity index (χ0v) is 10.00. The van der Waals surface area contributed by atoms with Gasteiger partial charge >= 0.3 is 0 Å². The Labute approximate surface area is 97.4 Å². The minimum Gasteiger partial charge on any atom is -0.367 e. The number of H-pyrrole nitrogens is 1. The van der Waals surface area contributed by atoms with Crippen molar-refractivity contribution < 1.29 is 0 Å². The molecule has 0 saturated carbocycles. The van der Waals surface area contributed by atoms with Crippen molar-refractivity contribution in [1.82, 2.24) is 20.5 Å². The molecule has 0 aromatic carbocycles. The fourth-order valence-electron chi connectivity index (χ4n) is 2.15. The molecule has 1 fully saturated rings. The SMILES string of the molecule is CN1CCNC(CNCCc2cc[nH]c2)C1. The molecular weight excluding hydrogens is 200 g/mol. The van der Waals surface area contributed by atoms with Gasteiger partial charge in [0.25, 0.3) is 0 Å². The first-order valence-electron chi connectivity index (χ1n) is 6.09. The average molecular weight is 222 g/mol. The van der Waals surface area contributed by atoms with Crippen LogP contribution in [0.5, 0.6) is 0 Å². The molecule has 4 nitrogen and oxygen atoms in total. The van der Waals surface area contributed by atoms with Crippen molar-refractivity contribution in [2.45, 2.75) is 12.5 Å². The molecule has 1 aromatic rings. The monoisotopic (exact) mass is 222 g/mol. The van der Waals surface area contributed by atoms with E-state index in [-0.39, 0.29) is 0 Å². The molecular formula is C12H22N4. The Morgan fingerprint density at radius 3 is 3.25 bits per heavy atom. The molecule has 0 bridgehead atoms. The second kappa shape index (κ2) is 6.03. The van der Waals surface area contributed by atoms with Gasteiger partial charge in [-0.05, 0) is 31.6 Å². The molecule has 1 aliphatic rings. The van der Waals surface area contributed by atoms with Gasteiger partial charge in [0.2, 0.25) is 0 Å². The summed E-state index contributed by atoms with van der Waals surface area (Å²) in [6.07, 6.45) is 5.15. The van der Waals surface area contributed by atoms with Gasteiger partial charge in [0.15, 0.2) is 0 Å². The van der Waals surface area contributed by atoms with Crippen LogP contribution in [0.2, 0.25) is 0 Å². The third-order valence-electron chi connectivity index (χ3n) is 3.10. The Hall–Kier alpha value is -0.840. The predicted molar refractivity (Wildman–Crippen MR) is 66.7 cm³/mol. The van der Waals surface area contributed by atoms with Crippen LogP contribution in [0.1, 0.15) is 5.56 Å². The first-order chi connectivity index (χ1) is 7.84. The van der Waals surface area contributed by atoms with Crippen LogP contribution in [0.4, 0.5) is 0 Å². The summed E-state index contributed by atoms with van der Waals surface area (Å²) in [6, 6.07) is 2.74. The van der Waals surface area contributed by atoms with Gasteiger partial charge in [0.05, 0.1) is 0 Å². The summed E-state index contributed by atoms with van der Waals surface area (Å²) < 4.78 is 0. The Balaban J connectivity index is 1.57. The molecule has 2 rings (SSSR count).